The Labute approximate surface area is 199 Å². The fraction of sp³-hybridized carbons (Fsp3) is 0.375. The fourth-order valence-electron chi connectivity index (χ4n) is 4.54. The minimum Gasteiger partial charge on any atom is -0.493 e. The number of halogens is 3. The highest BCUT2D eigenvalue weighted by Gasteiger charge is 2.34. The second kappa shape index (κ2) is 9.47. The summed E-state index contributed by atoms with van der Waals surface area (Å²) in [6.45, 7) is 2.36. The van der Waals surface area contributed by atoms with Crippen molar-refractivity contribution in [2.45, 2.75) is 38.1 Å². The van der Waals surface area contributed by atoms with Crippen molar-refractivity contribution >= 4 is 22.5 Å². The minimum absolute atomic E-state index is 0.0672. The second-order valence-electron chi connectivity index (χ2n) is 8.35. The summed E-state index contributed by atoms with van der Waals surface area (Å²) in [7, 11) is 3.12. The fourth-order valence-corrected chi connectivity index (χ4v) is 4.54. The molecular formula is C24H25F3N4O4. The van der Waals surface area contributed by atoms with Gasteiger partial charge in [0.2, 0.25) is 0 Å². The smallest absolute Gasteiger partial charge is 0.493 e. The number of rotatable bonds is 5. The number of aromatic nitrogens is 2. The van der Waals surface area contributed by atoms with E-state index in [0.717, 1.165) is 28.7 Å². The summed E-state index contributed by atoms with van der Waals surface area (Å²) < 4.78 is 52.1. The Balaban J connectivity index is 1.54. The molecule has 0 bridgehead atoms. The van der Waals surface area contributed by atoms with Gasteiger partial charge in [-0.1, -0.05) is 0 Å². The Morgan fingerprint density at radius 3 is 2.46 bits per heavy atom. The number of nitrogen functional groups attached to an aromatic ring is 1. The number of nitrogens with zero attached hydrogens (tertiary/aromatic N) is 3. The van der Waals surface area contributed by atoms with Crippen molar-refractivity contribution in [2.24, 2.45) is 0 Å². The number of anilines is 1. The molecule has 1 aliphatic rings. The van der Waals surface area contributed by atoms with Gasteiger partial charge in [-0.3, -0.25) is 4.79 Å². The van der Waals surface area contributed by atoms with Gasteiger partial charge in [0.05, 0.1) is 31.0 Å². The molecule has 2 aromatic carbocycles. The van der Waals surface area contributed by atoms with E-state index in [9.17, 15) is 18.0 Å². The quantitative estimate of drug-likeness (QED) is 0.525. The third-order valence-electron chi connectivity index (χ3n) is 6.18. The number of carbonyl (C=O) groups excluding carboxylic acids is 1. The average Bonchev–Trinajstić information content (AvgIpc) is 2.81. The number of fused-ring (bicyclic) bond motifs is 1. The predicted molar refractivity (Wildman–Crippen MR) is 123 cm³/mol. The van der Waals surface area contributed by atoms with Crippen molar-refractivity contribution in [3.63, 3.8) is 0 Å². The van der Waals surface area contributed by atoms with Crippen LogP contribution < -0.4 is 19.9 Å². The van der Waals surface area contributed by atoms with Crippen LogP contribution in [0.2, 0.25) is 0 Å². The van der Waals surface area contributed by atoms with Crippen LogP contribution in [0.5, 0.6) is 17.2 Å². The number of hydrogen-bond donors (Lipinski definition) is 1. The summed E-state index contributed by atoms with van der Waals surface area (Å²) in [5.74, 6) is 0.400. The van der Waals surface area contributed by atoms with Gasteiger partial charge in [0.1, 0.15) is 12.1 Å². The highest BCUT2D eigenvalue weighted by atomic mass is 19.4. The SMILES string of the molecule is COc1cc2ncnc(C3CCN(C(=O)c4ccc(OC(F)(F)F)cc4N)C(C)C3)c2cc1OC. The van der Waals surface area contributed by atoms with E-state index in [-0.39, 0.29) is 29.1 Å². The first-order valence-electron chi connectivity index (χ1n) is 10.9. The van der Waals surface area contributed by atoms with Crippen LogP contribution in [0.25, 0.3) is 10.9 Å². The molecule has 4 rings (SSSR count). The lowest BCUT2D eigenvalue weighted by atomic mass is 9.86. The normalized spacial score (nSPS) is 18.4. The summed E-state index contributed by atoms with van der Waals surface area (Å²) in [5, 5.41) is 0.853. The average molecular weight is 490 g/mol. The van der Waals surface area contributed by atoms with Crippen LogP contribution in [0.3, 0.4) is 0 Å². The Kier molecular flexibility index (Phi) is 6.60. The minimum atomic E-state index is -4.84. The van der Waals surface area contributed by atoms with Crippen molar-refractivity contribution in [3.8, 4) is 17.2 Å². The maximum Gasteiger partial charge on any atom is 0.573 e. The first-order chi connectivity index (χ1) is 16.6. The number of piperidine rings is 1. The number of hydrogen-bond acceptors (Lipinski definition) is 7. The number of ether oxygens (including phenoxy) is 3. The zero-order chi connectivity index (χ0) is 25.3. The van der Waals surface area contributed by atoms with E-state index in [1.165, 1.54) is 12.4 Å². The monoisotopic (exact) mass is 490 g/mol. The molecule has 2 atom stereocenters. The highest BCUT2D eigenvalue weighted by molar-refractivity contribution is 5.99. The molecule has 2 unspecified atom stereocenters. The summed E-state index contributed by atoms with van der Waals surface area (Å²) in [6, 6.07) is 6.86. The zero-order valence-electron chi connectivity index (χ0n) is 19.4. The predicted octanol–water partition coefficient (Wildman–Crippen LogP) is 4.54. The number of methoxy groups -OCH3 is 2. The van der Waals surface area contributed by atoms with Gasteiger partial charge in [0.15, 0.2) is 11.5 Å². The zero-order valence-corrected chi connectivity index (χ0v) is 19.4. The van der Waals surface area contributed by atoms with E-state index in [0.29, 0.717) is 30.9 Å². The van der Waals surface area contributed by atoms with E-state index in [2.05, 4.69) is 14.7 Å². The van der Waals surface area contributed by atoms with Gasteiger partial charge in [-0.05, 0) is 38.0 Å². The molecule has 0 spiro atoms. The van der Waals surface area contributed by atoms with Crippen molar-refractivity contribution in [1.29, 1.82) is 0 Å². The molecule has 1 fully saturated rings. The van der Waals surface area contributed by atoms with E-state index >= 15 is 0 Å². The van der Waals surface area contributed by atoms with E-state index in [1.807, 2.05) is 13.0 Å². The summed E-state index contributed by atoms with van der Waals surface area (Å²) >= 11 is 0. The van der Waals surface area contributed by atoms with Crippen molar-refractivity contribution in [2.75, 3.05) is 26.5 Å². The maximum atomic E-state index is 13.2. The molecule has 3 aromatic rings. The van der Waals surface area contributed by atoms with Crippen molar-refractivity contribution in [3.05, 3.63) is 47.9 Å². The molecule has 11 heteroatoms. The van der Waals surface area contributed by atoms with Gasteiger partial charge in [0.25, 0.3) is 5.91 Å². The molecule has 1 saturated heterocycles. The maximum absolute atomic E-state index is 13.2. The van der Waals surface area contributed by atoms with Crippen LogP contribution in [-0.4, -0.2) is 53.9 Å². The topological polar surface area (TPSA) is 99.8 Å². The van der Waals surface area contributed by atoms with E-state index < -0.39 is 12.1 Å². The number of alkyl halides is 3. The van der Waals surface area contributed by atoms with E-state index in [4.69, 9.17) is 15.2 Å². The molecule has 0 radical (unpaired) electrons. The third-order valence-corrected chi connectivity index (χ3v) is 6.18. The number of carbonyl (C=O) groups is 1. The van der Waals surface area contributed by atoms with Gasteiger partial charge in [-0.2, -0.15) is 0 Å². The van der Waals surface area contributed by atoms with Crippen LogP contribution in [0.15, 0.2) is 36.7 Å². The molecule has 8 nitrogen and oxygen atoms in total. The molecule has 1 aliphatic heterocycles. The third kappa shape index (κ3) is 5.03. The van der Waals surface area contributed by atoms with Crippen LogP contribution in [0.4, 0.5) is 18.9 Å². The summed E-state index contributed by atoms with van der Waals surface area (Å²) in [5.41, 5.74) is 7.54. The molecular weight excluding hydrogens is 465 g/mol. The molecule has 2 N–H and O–H groups in total. The van der Waals surface area contributed by atoms with Gasteiger partial charge in [-0.15, -0.1) is 13.2 Å². The molecule has 35 heavy (non-hydrogen) atoms. The van der Waals surface area contributed by atoms with Crippen molar-refractivity contribution < 1.29 is 32.2 Å². The van der Waals surface area contributed by atoms with Gasteiger partial charge in [-0.25, -0.2) is 9.97 Å². The second-order valence-corrected chi connectivity index (χ2v) is 8.35. The molecule has 1 aromatic heterocycles. The number of benzene rings is 2. The summed E-state index contributed by atoms with van der Waals surface area (Å²) in [6.07, 6.45) is -2.04. The molecule has 2 heterocycles. The standard InChI is InChI=1S/C24H25F3N4O4/c1-13-8-14(22-17-10-20(33-2)21(34-3)11-19(17)29-12-30-22)6-7-31(13)23(32)16-5-4-15(9-18(16)28)35-24(25,26)27/h4-5,9-14H,6-8,28H2,1-3H3. The van der Waals surface area contributed by atoms with Crippen LogP contribution >= 0.6 is 0 Å². The Hall–Kier alpha value is -3.76. The van der Waals surface area contributed by atoms with E-state index in [1.54, 1.807) is 25.2 Å². The van der Waals surface area contributed by atoms with Crippen LogP contribution in [0.1, 0.15) is 41.7 Å². The Morgan fingerprint density at radius 2 is 1.83 bits per heavy atom. The lowest BCUT2D eigenvalue weighted by molar-refractivity contribution is -0.274. The number of amides is 1. The molecule has 0 saturated carbocycles. The van der Waals surface area contributed by atoms with Gasteiger partial charge >= 0.3 is 6.36 Å². The van der Waals surface area contributed by atoms with Crippen molar-refractivity contribution in [1.82, 2.24) is 14.9 Å². The van der Waals surface area contributed by atoms with Crippen LogP contribution in [-0.2, 0) is 0 Å². The lowest BCUT2D eigenvalue weighted by Crippen LogP contribution is -2.44. The first-order valence-corrected chi connectivity index (χ1v) is 10.9. The molecule has 1 amide bonds. The Morgan fingerprint density at radius 1 is 1.11 bits per heavy atom. The number of nitrogens with two attached hydrogens (primary N) is 1. The molecule has 0 aliphatic carbocycles. The number of likely N-dealkylation sites (tertiary alicyclic amines) is 1. The highest BCUT2D eigenvalue weighted by Crippen LogP contribution is 2.38. The van der Waals surface area contributed by atoms with Crippen LogP contribution in [0, 0.1) is 0 Å². The van der Waals surface area contributed by atoms with Gasteiger partial charge < -0.3 is 24.8 Å². The largest absolute Gasteiger partial charge is 0.573 e. The first kappa shape index (κ1) is 24.4. The Bertz CT molecular complexity index is 1250. The lowest BCUT2D eigenvalue weighted by Gasteiger charge is -2.38. The molecule has 186 valence electrons. The van der Waals surface area contributed by atoms with Gasteiger partial charge in [0, 0.05) is 41.7 Å². The summed E-state index contributed by atoms with van der Waals surface area (Å²) in [4.78, 5) is 23.7.